The highest BCUT2D eigenvalue weighted by Crippen LogP contribution is 2.37. The summed E-state index contributed by atoms with van der Waals surface area (Å²) in [4.78, 5) is 2.35. The Labute approximate surface area is 127 Å². The molecule has 0 radical (unpaired) electrons. The molecular formula is C16H26BNO3. The highest BCUT2D eigenvalue weighted by molar-refractivity contribution is 6.60. The number of rotatable bonds is 2. The fraction of sp³-hybridized carbons (Fsp3) is 0.750. The zero-order valence-corrected chi connectivity index (χ0v) is 13.8. The Bertz CT molecular complexity index is 495. The molecule has 2 saturated heterocycles. The quantitative estimate of drug-likeness (QED) is 0.785. The van der Waals surface area contributed by atoms with Crippen LogP contribution in [0.3, 0.4) is 0 Å². The topological polar surface area (TPSA) is 34.8 Å². The Hall–Kier alpha value is -0.935. The van der Waals surface area contributed by atoms with Crippen LogP contribution in [0.2, 0.25) is 0 Å². The summed E-state index contributed by atoms with van der Waals surface area (Å²) in [5.41, 5.74) is 0.105. The van der Waals surface area contributed by atoms with Gasteiger partial charge in [-0.1, -0.05) is 0 Å². The third-order valence-corrected chi connectivity index (χ3v) is 5.18. The number of hydrogen-bond donors (Lipinski definition) is 0. The first-order valence-electron chi connectivity index (χ1n) is 8.02. The van der Waals surface area contributed by atoms with Gasteiger partial charge in [-0.3, -0.25) is 0 Å². The Morgan fingerprint density at radius 2 is 1.76 bits per heavy atom. The van der Waals surface area contributed by atoms with E-state index in [1.54, 1.807) is 0 Å². The maximum Gasteiger partial charge on any atom is 0.532 e. The van der Waals surface area contributed by atoms with Gasteiger partial charge in [-0.2, -0.15) is 0 Å². The first-order valence-corrected chi connectivity index (χ1v) is 8.02. The van der Waals surface area contributed by atoms with Crippen LogP contribution in [0.4, 0.5) is 5.88 Å². The Kier molecular flexibility index (Phi) is 3.61. The fourth-order valence-electron chi connectivity index (χ4n) is 3.01. The molecule has 1 unspecified atom stereocenters. The molecule has 2 aliphatic heterocycles. The molecule has 0 spiro atoms. The lowest BCUT2D eigenvalue weighted by molar-refractivity contribution is 0.00578. The molecule has 0 aromatic carbocycles. The molecule has 1 aromatic rings. The average molecular weight is 291 g/mol. The van der Waals surface area contributed by atoms with Crippen molar-refractivity contribution in [3.05, 3.63) is 12.1 Å². The van der Waals surface area contributed by atoms with Crippen molar-refractivity contribution in [3.63, 3.8) is 0 Å². The Balaban J connectivity index is 1.77. The molecular weight excluding hydrogens is 265 g/mol. The number of furan rings is 1. The Morgan fingerprint density at radius 1 is 1.10 bits per heavy atom. The summed E-state index contributed by atoms with van der Waals surface area (Å²) >= 11 is 0. The van der Waals surface area contributed by atoms with Gasteiger partial charge in [-0.25, -0.2) is 0 Å². The number of nitrogens with zero attached hydrogens (tertiary/aromatic N) is 1. The summed E-state index contributed by atoms with van der Waals surface area (Å²) in [5, 5.41) is 0. The van der Waals surface area contributed by atoms with Gasteiger partial charge in [0.1, 0.15) is 5.66 Å². The van der Waals surface area contributed by atoms with Gasteiger partial charge in [0.25, 0.3) is 0 Å². The molecule has 0 N–H and O–H groups in total. The molecule has 2 aliphatic rings. The lowest BCUT2D eigenvalue weighted by Gasteiger charge is -2.33. The van der Waals surface area contributed by atoms with Crippen molar-refractivity contribution >= 4 is 18.7 Å². The minimum atomic E-state index is -0.413. The lowest BCUT2D eigenvalue weighted by atomic mass is 9.86. The molecule has 4 nitrogen and oxygen atoms in total. The average Bonchev–Trinajstić information content (AvgIpc) is 2.94. The first kappa shape index (κ1) is 15.0. The molecule has 21 heavy (non-hydrogen) atoms. The van der Waals surface area contributed by atoms with Crippen LogP contribution < -0.4 is 10.6 Å². The molecule has 3 heterocycles. The molecule has 5 heteroatoms. The molecule has 116 valence electrons. The summed E-state index contributed by atoms with van der Waals surface area (Å²) in [6.45, 7) is 11.6. The summed E-state index contributed by atoms with van der Waals surface area (Å²) in [7, 11) is -0.413. The van der Waals surface area contributed by atoms with Crippen LogP contribution in [0.1, 0.15) is 53.9 Å². The van der Waals surface area contributed by atoms with Crippen molar-refractivity contribution in [3.8, 4) is 0 Å². The van der Waals surface area contributed by atoms with E-state index < -0.39 is 7.12 Å². The van der Waals surface area contributed by atoms with E-state index in [4.69, 9.17) is 13.7 Å². The highest BCUT2D eigenvalue weighted by atomic mass is 16.7. The lowest BCUT2D eigenvalue weighted by Crippen LogP contribution is -2.41. The van der Waals surface area contributed by atoms with E-state index in [9.17, 15) is 0 Å². The minimum Gasteiger partial charge on any atom is -0.449 e. The molecule has 0 aliphatic carbocycles. The van der Waals surface area contributed by atoms with Gasteiger partial charge in [0.05, 0.1) is 11.2 Å². The minimum absolute atomic E-state index is 0.330. The van der Waals surface area contributed by atoms with Crippen molar-refractivity contribution in [2.24, 2.45) is 0 Å². The second-order valence-corrected chi connectivity index (χ2v) is 7.30. The maximum atomic E-state index is 6.04. The van der Waals surface area contributed by atoms with E-state index in [1.807, 2.05) is 12.1 Å². The second-order valence-electron chi connectivity index (χ2n) is 7.30. The van der Waals surface area contributed by atoms with Gasteiger partial charge in [0.15, 0.2) is 5.88 Å². The highest BCUT2D eigenvalue weighted by Gasteiger charge is 2.53. The van der Waals surface area contributed by atoms with Gasteiger partial charge in [-0.15, -0.1) is 0 Å². The van der Waals surface area contributed by atoms with Crippen molar-refractivity contribution in [2.75, 3.05) is 11.4 Å². The van der Waals surface area contributed by atoms with E-state index in [1.165, 1.54) is 19.3 Å². The van der Waals surface area contributed by atoms with Crippen LogP contribution in [0, 0.1) is 0 Å². The third-order valence-electron chi connectivity index (χ3n) is 5.18. The molecule has 2 fully saturated rings. The molecule has 3 rings (SSSR count). The third kappa shape index (κ3) is 2.62. The predicted molar refractivity (Wildman–Crippen MR) is 85.1 cm³/mol. The van der Waals surface area contributed by atoms with Gasteiger partial charge < -0.3 is 18.6 Å². The molecule has 0 amide bonds. The standard InChI is InChI=1S/C16H26BNO3/c1-12-8-6-7-11-18(12)14-10-9-13(19-14)17-20-15(2,3)16(4,5)21-17/h9-10,12H,6-8,11H2,1-5H3. The normalized spacial score (nSPS) is 28.1. The largest absolute Gasteiger partial charge is 0.532 e. The fourth-order valence-corrected chi connectivity index (χ4v) is 3.01. The second kappa shape index (κ2) is 5.06. The van der Waals surface area contributed by atoms with Gasteiger partial charge in [0, 0.05) is 18.7 Å². The summed E-state index contributed by atoms with van der Waals surface area (Å²) in [5.74, 6) is 0.937. The zero-order valence-electron chi connectivity index (χ0n) is 13.8. The van der Waals surface area contributed by atoms with Crippen molar-refractivity contribution < 1.29 is 13.7 Å². The van der Waals surface area contributed by atoms with Crippen LogP contribution in [0.5, 0.6) is 0 Å². The summed E-state index contributed by atoms with van der Waals surface area (Å²) in [6, 6.07) is 4.57. The number of anilines is 1. The SMILES string of the molecule is CC1CCCCN1c1ccc(B2OC(C)(C)C(C)(C)O2)o1. The number of piperidine rings is 1. The van der Waals surface area contributed by atoms with Crippen molar-refractivity contribution in [1.82, 2.24) is 0 Å². The molecule has 1 atom stereocenters. The van der Waals surface area contributed by atoms with E-state index in [-0.39, 0.29) is 11.2 Å². The van der Waals surface area contributed by atoms with Gasteiger partial charge >= 0.3 is 7.12 Å². The van der Waals surface area contributed by atoms with E-state index in [0.29, 0.717) is 6.04 Å². The van der Waals surface area contributed by atoms with Crippen LogP contribution in [0.15, 0.2) is 16.5 Å². The molecule has 0 bridgehead atoms. The maximum absolute atomic E-state index is 6.04. The molecule has 0 saturated carbocycles. The number of hydrogen-bond acceptors (Lipinski definition) is 4. The van der Waals surface area contributed by atoms with Crippen LogP contribution in [-0.2, 0) is 9.31 Å². The van der Waals surface area contributed by atoms with Gasteiger partial charge in [-0.05, 0) is 59.9 Å². The van der Waals surface area contributed by atoms with Crippen molar-refractivity contribution in [1.29, 1.82) is 0 Å². The summed E-state index contributed by atoms with van der Waals surface area (Å²) < 4.78 is 18.1. The van der Waals surface area contributed by atoms with Gasteiger partial charge in [0.2, 0.25) is 0 Å². The smallest absolute Gasteiger partial charge is 0.449 e. The van der Waals surface area contributed by atoms with Crippen LogP contribution in [-0.4, -0.2) is 30.9 Å². The predicted octanol–water partition coefficient (Wildman–Crippen LogP) is 2.96. The Morgan fingerprint density at radius 3 is 2.38 bits per heavy atom. The van der Waals surface area contributed by atoms with Crippen LogP contribution in [0.25, 0.3) is 0 Å². The van der Waals surface area contributed by atoms with E-state index >= 15 is 0 Å². The first-order chi connectivity index (χ1) is 9.80. The van der Waals surface area contributed by atoms with E-state index in [0.717, 1.165) is 18.1 Å². The van der Waals surface area contributed by atoms with Crippen molar-refractivity contribution in [2.45, 2.75) is 71.1 Å². The summed E-state index contributed by atoms with van der Waals surface area (Å²) in [6.07, 6.45) is 3.77. The molecule has 1 aromatic heterocycles. The van der Waals surface area contributed by atoms with E-state index in [2.05, 4.69) is 39.5 Å². The monoisotopic (exact) mass is 291 g/mol. The van der Waals surface area contributed by atoms with Crippen LogP contribution >= 0.6 is 0 Å². The zero-order chi connectivity index (χ0) is 15.3.